The van der Waals surface area contributed by atoms with Crippen LogP contribution in [0.3, 0.4) is 0 Å². The fourth-order valence-electron chi connectivity index (χ4n) is 3.74. The Bertz CT molecular complexity index is 801. The molecule has 1 amide bonds. The van der Waals surface area contributed by atoms with Crippen LogP contribution in [0.1, 0.15) is 51.6 Å². The van der Waals surface area contributed by atoms with Gasteiger partial charge in [0.05, 0.1) is 12.3 Å². The lowest BCUT2D eigenvalue weighted by Gasteiger charge is -2.28. The summed E-state index contributed by atoms with van der Waals surface area (Å²) in [5.41, 5.74) is 0.0815. The van der Waals surface area contributed by atoms with E-state index in [1.54, 1.807) is 0 Å². The zero-order valence-corrected chi connectivity index (χ0v) is 16.4. The maximum Gasteiger partial charge on any atom is 0.249 e. The van der Waals surface area contributed by atoms with Gasteiger partial charge in [0.15, 0.2) is 4.75 Å². The number of aromatic nitrogens is 1. The van der Waals surface area contributed by atoms with Crippen LogP contribution in [-0.4, -0.2) is 59.5 Å². The van der Waals surface area contributed by atoms with E-state index in [0.717, 1.165) is 30.0 Å². The van der Waals surface area contributed by atoms with Crippen LogP contribution in [0.15, 0.2) is 10.6 Å². The number of hydrogen-bond donors (Lipinski definition) is 2. The zero-order valence-electron chi connectivity index (χ0n) is 15.6. The van der Waals surface area contributed by atoms with E-state index in [4.69, 9.17) is 4.52 Å². The molecule has 2 N–H and O–H groups in total. The monoisotopic (exact) mass is 403 g/mol. The predicted molar refractivity (Wildman–Crippen MR) is 96.4 cm³/mol. The van der Waals surface area contributed by atoms with Crippen molar-refractivity contribution in [3.8, 4) is 0 Å². The molecule has 8 nitrogen and oxygen atoms in total. The Labute approximate surface area is 158 Å². The standard InChI is InChI=1S/C17H26FN3O5S/c1-16(2,27(24,25)21-8-5-12(18)10-21)15(23)19-14-9-13(20-26-14)17(11-22)6-3-4-7-17/h9,12,22H,3-8,10-11H2,1-2H3,(H,19,23)/t12-/m1/s1. The third kappa shape index (κ3) is 3.50. The van der Waals surface area contributed by atoms with Gasteiger partial charge in [-0.2, -0.15) is 4.31 Å². The number of amides is 1. The maximum absolute atomic E-state index is 13.4. The average molecular weight is 403 g/mol. The molecule has 0 radical (unpaired) electrons. The van der Waals surface area contributed by atoms with Crippen molar-refractivity contribution in [2.75, 3.05) is 25.0 Å². The van der Waals surface area contributed by atoms with Gasteiger partial charge < -0.3 is 9.63 Å². The minimum absolute atomic E-state index is 0.0304. The molecule has 10 heteroatoms. The molecule has 2 heterocycles. The summed E-state index contributed by atoms with van der Waals surface area (Å²) in [6.07, 6.45) is 2.44. The van der Waals surface area contributed by atoms with Crippen LogP contribution >= 0.6 is 0 Å². The third-order valence-electron chi connectivity index (χ3n) is 5.78. The van der Waals surface area contributed by atoms with Crippen molar-refractivity contribution in [3.05, 3.63) is 11.8 Å². The molecule has 1 atom stereocenters. The predicted octanol–water partition coefficient (Wildman–Crippen LogP) is 1.57. The Morgan fingerprint density at radius 2 is 2.15 bits per heavy atom. The Kier molecular flexibility index (Phi) is 5.35. The van der Waals surface area contributed by atoms with E-state index < -0.39 is 32.3 Å². The van der Waals surface area contributed by atoms with Gasteiger partial charge in [0.1, 0.15) is 6.17 Å². The van der Waals surface area contributed by atoms with Crippen LogP contribution in [0.5, 0.6) is 0 Å². The van der Waals surface area contributed by atoms with E-state index in [1.165, 1.54) is 19.9 Å². The summed E-state index contributed by atoms with van der Waals surface area (Å²) in [6, 6.07) is 1.54. The summed E-state index contributed by atoms with van der Waals surface area (Å²) in [6.45, 7) is 2.34. The summed E-state index contributed by atoms with van der Waals surface area (Å²) >= 11 is 0. The van der Waals surface area contributed by atoms with Gasteiger partial charge in [-0.3, -0.25) is 10.1 Å². The third-order valence-corrected chi connectivity index (χ3v) is 8.27. The number of hydrogen-bond acceptors (Lipinski definition) is 6. The molecule has 3 rings (SSSR count). The number of halogens is 1. The molecular weight excluding hydrogens is 377 g/mol. The number of nitrogens with one attached hydrogen (secondary N) is 1. The quantitative estimate of drug-likeness (QED) is 0.746. The highest BCUT2D eigenvalue weighted by Gasteiger charge is 2.48. The molecule has 27 heavy (non-hydrogen) atoms. The summed E-state index contributed by atoms with van der Waals surface area (Å²) in [5, 5.41) is 16.2. The number of aliphatic hydroxyl groups excluding tert-OH is 1. The topological polar surface area (TPSA) is 113 Å². The maximum atomic E-state index is 13.4. The Hall–Kier alpha value is -1.52. The Morgan fingerprint density at radius 1 is 1.48 bits per heavy atom. The van der Waals surface area contributed by atoms with Gasteiger partial charge >= 0.3 is 0 Å². The van der Waals surface area contributed by atoms with E-state index in [9.17, 15) is 22.7 Å². The first-order valence-electron chi connectivity index (χ1n) is 9.16. The van der Waals surface area contributed by atoms with Crippen molar-refractivity contribution < 1.29 is 27.2 Å². The summed E-state index contributed by atoms with van der Waals surface area (Å²) in [5.74, 6) is -0.750. The molecule has 1 aliphatic carbocycles. The minimum Gasteiger partial charge on any atom is -0.395 e. The van der Waals surface area contributed by atoms with Gasteiger partial charge in [-0.05, 0) is 33.1 Å². The number of nitrogens with zero attached hydrogens (tertiary/aromatic N) is 2. The number of aliphatic hydroxyl groups is 1. The lowest BCUT2D eigenvalue weighted by Crippen LogP contribution is -2.51. The normalized spacial score (nSPS) is 23.6. The second-order valence-corrected chi connectivity index (χ2v) is 10.4. The van der Waals surface area contributed by atoms with E-state index in [2.05, 4.69) is 10.5 Å². The molecule has 1 aliphatic heterocycles. The summed E-state index contributed by atoms with van der Waals surface area (Å²) in [4.78, 5) is 12.7. The van der Waals surface area contributed by atoms with Crippen molar-refractivity contribution in [2.24, 2.45) is 0 Å². The van der Waals surface area contributed by atoms with Crippen LogP contribution in [0.2, 0.25) is 0 Å². The fraction of sp³-hybridized carbons (Fsp3) is 0.765. The van der Waals surface area contributed by atoms with Crippen molar-refractivity contribution in [3.63, 3.8) is 0 Å². The number of rotatable bonds is 6. The van der Waals surface area contributed by atoms with Crippen molar-refractivity contribution >= 4 is 21.8 Å². The first-order valence-corrected chi connectivity index (χ1v) is 10.6. The second-order valence-electron chi connectivity index (χ2n) is 7.94. The van der Waals surface area contributed by atoms with Crippen molar-refractivity contribution in [2.45, 2.75) is 62.3 Å². The number of sulfonamides is 1. The molecular formula is C17H26FN3O5S. The first-order chi connectivity index (χ1) is 12.6. The number of carbonyl (C=O) groups is 1. The summed E-state index contributed by atoms with van der Waals surface area (Å²) in [7, 11) is -4.04. The number of carbonyl (C=O) groups excluding carboxylic acids is 1. The smallest absolute Gasteiger partial charge is 0.249 e. The van der Waals surface area contributed by atoms with Gasteiger partial charge in [0, 0.05) is 24.6 Å². The largest absolute Gasteiger partial charge is 0.395 e. The van der Waals surface area contributed by atoms with Gasteiger partial charge in [-0.25, -0.2) is 12.8 Å². The van der Waals surface area contributed by atoms with E-state index in [-0.39, 0.29) is 32.0 Å². The molecule has 2 aliphatic rings. The van der Waals surface area contributed by atoms with Crippen molar-refractivity contribution in [1.29, 1.82) is 0 Å². The van der Waals surface area contributed by atoms with E-state index in [0.29, 0.717) is 5.69 Å². The van der Waals surface area contributed by atoms with Crippen LogP contribution < -0.4 is 5.32 Å². The van der Waals surface area contributed by atoms with Crippen LogP contribution in [0.25, 0.3) is 0 Å². The van der Waals surface area contributed by atoms with Gasteiger partial charge in [-0.15, -0.1) is 0 Å². The van der Waals surface area contributed by atoms with Crippen LogP contribution in [0, 0.1) is 0 Å². The van der Waals surface area contributed by atoms with Crippen LogP contribution in [0.4, 0.5) is 10.3 Å². The lowest BCUT2D eigenvalue weighted by atomic mass is 9.84. The SMILES string of the molecule is CC(C)(C(=O)Nc1cc(C2(CO)CCCC2)no1)S(=O)(=O)N1CC[C@@H](F)C1. The highest BCUT2D eigenvalue weighted by molar-refractivity contribution is 7.91. The zero-order chi connectivity index (χ0) is 19.9. The number of alkyl halides is 1. The minimum atomic E-state index is -4.04. The molecule has 1 saturated heterocycles. The number of anilines is 1. The lowest BCUT2D eigenvalue weighted by molar-refractivity contribution is -0.118. The highest BCUT2D eigenvalue weighted by atomic mass is 32.2. The molecule has 0 spiro atoms. The molecule has 2 fully saturated rings. The molecule has 0 bridgehead atoms. The molecule has 1 aromatic heterocycles. The van der Waals surface area contributed by atoms with Gasteiger partial charge in [-0.1, -0.05) is 18.0 Å². The molecule has 0 aromatic carbocycles. The Balaban J connectivity index is 1.75. The molecule has 0 unspecified atom stereocenters. The molecule has 152 valence electrons. The molecule has 1 aromatic rings. The summed E-state index contributed by atoms with van der Waals surface area (Å²) < 4.78 is 43.3. The molecule has 1 saturated carbocycles. The second kappa shape index (κ2) is 7.14. The fourth-order valence-corrected chi connectivity index (χ4v) is 5.37. The van der Waals surface area contributed by atoms with Crippen LogP contribution in [-0.2, 0) is 20.2 Å². The first kappa shape index (κ1) is 20.2. The van der Waals surface area contributed by atoms with E-state index >= 15 is 0 Å². The van der Waals surface area contributed by atoms with Gasteiger partial charge in [0.25, 0.3) is 0 Å². The van der Waals surface area contributed by atoms with Crippen molar-refractivity contribution in [1.82, 2.24) is 9.46 Å². The average Bonchev–Trinajstić information content (AvgIpc) is 3.34. The van der Waals surface area contributed by atoms with Gasteiger partial charge in [0.2, 0.25) is 21.8 Å². The van der Waals surface area contributed by atoms with E-state index in [1.807, 2.05) is 0 Å². The highest BCUT2D eigenvalue weighted by Crippen LogP contribution is 2.41. The Morgan fingerprint density at radius 3 is 2.70 bits per heavy atom.